The van der Waals surface area contributed by atoms with Crippen LogP contribution in [0.1, 0.15) is 47.0 Å². The fraction of sp³-hybridized carbons (Fsp3) is 0.929. The highest BCUT2D eigenvalue weighted by Gasteiger charge is 2.45. The zero-order valence-electron chi connectivity index (χ0n) is 11.9. The van der Waals surface area contributed by atoms with Crippen molar-refractivity contribution in [3.8, 4) is 0 Å². The van der Waals surface area contributed by atoms with E-state index in [1.165, 1.54) is 0 Å². The quantitative estimate of drug-likeness (QED) is 0.772. The molecule has 0 radical (unpaired) electrons. The van der Waals surface area contributed by atoms with Crippen LogP contribution in [0.15, 0.2) is 0 Å². The normalized spacial score (nSPS) is 24.3. The van der Waals surface area contributed by atoms with Crippen LogP contribution in [-0.4, -0.2) is 37.0 Å². The first-order chi connectivity index (χ1) is 8.08. The molecule has 1 unspecified atom stereocenters. The van der Waals surface area contributed by atoms with Gasteiger partial charge in [0.2, 0.25) is 5.91 Å². The fourth-order valence-electron chi connectivity index (χ4n) is 2.70. The summed E-state index contributed by atoms with van der Waals surface area (Å²) in [6.07, 6.45) is 3.25. The Bertz CT molecular complexity index is 245. The molecule has 0 spiro atoms. The monoisotopic (exact) mass is 240 g/mol. The van der Waals surface area contributed by atoms with Gasteiger partial charge in [-0.05, 0) is 32.2 Å². The van der Waals surface area contributed by atoms with Gasteiger partial charge in [-0.3, -0.25) is 4.79 Å². The average Bonchev–Trinajstić information content (AvgIpc) is 2.80. The number of hydrogen-bond acceptors (Lipinski definition) is 2. The zero-order chi connectivity index (χ0) is 12.9. The summed E-state index contributed by atoms with van der Waals surface area (Å²) in [7, 11) is 0. The second kappa shape index (κ2) is 6.39. The van der Waals surface area contributed by atoms with E-state index in [4.69, 9.17) is 0 Å². The molecule has 0 aromatic carbocycles. The molecule has 0 saturated carbocycles. The van der Waals surface area contributed by atoms with Gasteiger partial charge in [0.15, 0.2) is 0 Å². The van der Waals surface area contributed by atoms with Gasteiger partial charge in [0.05, 0.1) is 5.41 Å². The number of hydrogen-bond donors (Lipinski definition) is 1. The molecule has 1 saturated heterocycles. The molecule has 1 N–H and O–H groups in total. The first-order valence-corrected chi connectivity index (χ1v) is 7.08. The summed E-state index contributed by atoms with van der Waals surface area (Å²) in [4.78, 5) is 14.8. The maximum Gasteiger partial charge on any atom is 0.230 e. The van der Waals surface area contributed by atoms with Crippen molar-refractivity contribution >= 4 is 5.91 Å². The van der Waals surface area contributed by atoms with Gasteiger partial charge in [-0.15, -0.1) is 0 Å². The van der Waals surface area contributed by atoms with Gasteiger partial charge >= 0.3 is 0 Å². The number of amides is 1. The Kier molecular flexibility index (Phi) is 5.44. The lowest BCUT2D eigenvalue weighted by Gasteiger charge is -2.36. The number of nitrogens with zero attached hydrogens (tertiary/aromatic N) is 1. The van der Waals surface area contributed by atoms with E-state index < -0.39 is 0 Å². The second-order valence-electron chi connectivity index (χ2n) is 5.48. The molecular weight excluding hydrogens is 212 g/mol. The van der Waals surface area contributed by atoms with E-state index >= 15 is 0 Å². The maximum absolute atomic E-state index is 12.7. The highest BCUT2D eigenvalue weighted by atomic mass is 16.2. The molecule has 0 aromatic rings. The third-order valence-corrected chi connectivity index (χ3v) is 4.17. The maximum atomic E-state index is 12.7. The van der Waals surface area contributed by atoms with Gasteiger partial charge in [0.25, 0.3) is 0 Å². The van der Waals surface area contributed by atoms with Crippen LogP contribution < -0.4 is 5.32 Å². The molecule has 3 heteroatoms. The topological polar surface area (TPSA) is 32.3 Å². The van der Waals surface area contributed by atoms with Crippen molar-refractivity contribution in [2.75, 3.05) is 26.2 Å². The number of unbranched alkanes of at least 4 members (excludes halogenated alkanes) is 1. The van der Waals surface area contributed by atoms with Gasteiger partial charge in [0, 0.05) is 19.6 Å². The summed E-state index contributed by atoms with van der Waals surface area (Å²) in [6.45, 7) is 12.2. The highest BCUT2D eigenvalue weighted by Crippen LogP contribution is 2.36. The van der Waals surface area contributed by atoms with Crippen LogP contribution in [0.4, 0.5) is 0 Å². The molecule has 0 bridgehead atoms. The third kappa shape index (κ3) is 3.01. The molecule has 1 atom stereocenters. The molecule has 3 nitrogen and oxygen atoms in total. The molecule has 1 rings (SSSR count). The van der Waals surface area contributed by atoms with E-state index in [2.05, 4.69) is 37.9 Å². The van der Waals surface area contributed by atoms with Crippen molar-refractivity contribution in [1.29, 1.82) is 0 Å². The molecule has 1 fully saturated rings. The minimum absolute atomic E-state index is 0.149. The van der Waals surface area contributed by atoms with E-state index in [1.54, 1.807) is 0 Å². The molecule has 17 heavy (non-hydrogen) atoms. The van der Waals surface area contributed by atoms with Gasteiger partial charge in [0.1, 0.15) is 0 Å². The van der Waals surface area contributed by atoms with Gasteiger partial charge in [-0.25, -0.2) is 0 Å². The smallest absolute Gasteiger partial charge is 0.230 e. The Labute approximate surface area is 106 Å². The SMILES string of the molecule is CCCCN(CC)C(=O)C1(C(C)C)CCNC1. The predicted molar refractivity (Wildman–Crippen MR) is 71.9 cm³/mol. The van der Waals surface area contributed by atoms with Crippen molar-refractivity contribution in [1.82, 2.24) is 10.2 Å². The fourth-order valence-corrected chi connectivity index (χ4v) is 2.70. The van der Waals surface area contributed by atoms with Crippen LogP contribution in [0, 0.1) is 11.3 Å². The zero-order valence-corrected chi connectivity index (χ0v) is 11.9. The van der Waals surface area contributed by atoms with Crippen LogP contribution in [0.5, 0.6) is 0 Å². The standard InChI is InChI=1S/C14H28N2O/c1-5-7-10-16(6-2)13(17)14(12(3)4)8-9-15-11-14/h12,15H,5-11H2,1-4H3. The summed E-state index contributed by atoms with van der Waals surface area (Å²) in [5.41, 5.74) is -0.149. The van der Waals surface area contributed by atoms with Crippen molar-refractivity contribution < 1.29 is 4.79 Å². The van der Waals surface area contributed by atoms with E-state index in [0.29, 0.717) is 11.8 Å². The molecular formula is C14H28N2O. The minimum Gasteiger partial charge on any atom is -0.342 e. The van der Waals surface area contributed by atoms with Crippen molar-refractivity contribution in [3.63, 3.8) is 0 Å². The van der Waals surface area contributed by atoms with Gasteiger partial charge in [-0.2, -0.15) is 0 Å². The number of carbonyl (C=O) groups excluding carboxylic acids is 1. The Morgan fingerprint density at radius 3 is 2.53 bits per heavy atom. The summed E-state index contributed by atoms with van der Waals surface area (Å²) < 4.78 is 0. The Hall–Kier alpha value is -0.570. The van der Waals surface area contributed by atoms with E-state index in [-0.39, 0.29) is 5.41 Å². The van der Waals surface area contributed by atoms with Crippen molar-refractivity contribution in [3.05, 3.63) is 0 Å². The van der Waals surface area contributed by atoms with Crippen molar-refractivity contribution in [2.45, 2.75) is 47.0 Å². The van der Waals surface area contributed by atoms with Crippen LogP contribution in [0.25, 0.3) is 0 Å². The van der Waals surface area contributed by atoms with E-state index in [9.17, 15) is 4.79 Å². The first kappa shape index (κ1) is 14.5. The second-order valence-corrected chi connectivity index (χ2v) is 5.48. The Morgan fingerprint density at radius 2 is 2.12 bits per heavy atom. The van der Waals surface area contributed by atoms with Gasteiger partial charge in [-0.1, -0.05) is 27.2 Å². The molecule has 1 heterocycles. The molecule has 100 valence electrons. The summed E-state index contributed by atoms with van der Waals surface area (Å²) >= 11 is 0. The summed E-state index contributed by atoms with van der Waals surface area (Å²) in [6, 6.07) is 0. The molecule has 0 aliphatic carbocycles. The lowest BCUT2D eigenvalue weighted by molar-refractivity contribution is -0.143. The molecule has 0 aromatic heterocycles. The minimum atomic E-state index is -0.149. The third-order valence-electron chi connectivity index (χ3n) is 4.17. The van der Waals surface area contributed by atoms with Crippen LogP contribution >= 0.6 is 0 Å². The molecule has 1 aliphatic rings. The summed E-state index contributed by atoms with van der Waals surface area (Å²) in [5.74, 6) is 0.786. The first-order valence-electron chi connectivity index (χ1n) is 7.08. The highest BCUT2D eigenvalue weighted by molar-refractivity contribution is 5.83. The largest absolute Gasteiger partial charge is 0.342 e. The Balaban J connectivity index is 2.76. The molecule has 1 aliphatic heterocycles. The van der Waals surface area contributed by atoms with Crippen molar-refractivity contribution in [2.24, 2.45) is 11.3 Å². The number of nitrogens with one attached hydrogen (secondary N) is 1. The number of carbonyl (C=O) groups is 1. The van der Waals surface area contributed by atoms with E-state index in [1.807, 2.05) is 0 Å². The summed E-state index contributed by atoms with van der Waals surface area (Å²) in [5, 5.41) is 3.36. The molecule has 1 amide bonds. The predicted octanol–water partition coefficient (Wildman–Crippen LogP) is 2.27. The number of rotatable bonds is 6. The van der Waals surface area contributed by atoms with Crippen LogP contribution in [-0.2, 0) is 4.79 Å². The van der Waals surface area contributed by atoms with E-state index in [0.717, 1.165) is 45.4 Å². The Morgan fingerprint density at radius 1 is 1.41 bits per heavy atom. The van der Waals surface area contributed by atoms with Gasteiger partial charge < -0.3 is 10.2 Å². The average molecular weight is 240 g/mol. The lowest BCUT2D eigenvalue weighted by Crippen LogP contribution is -2.48. The van der Waals surface area contributed by atoms with Crippen LogP contribution in [0.2, 0.25) is 0 Å². The van der Waals surface area contributed by atoms with Crippen LogP contribution in [0.3, 0.4) is 0 Å². The lowest BCUT2D eigenvalue weighted by atomic mass is 9.75.